The first-order valence-corrected chi connectivity index (χ1v) is 8.35. The molecular formula is C12H22N2S2. The Morgan fingerprint density at radius 1 is 1.44 bits per heavy atom. The van der Waals surface area contributed by atoms with Crippen LogP contribution in [0.5, 0.6) is 0 Å². The maximum atomic E-state index is 4.53. The topological polar surface area (TPSA) is 24.4 Å². The van der Waals surface area contributed by atoms with E-state index < -0.39 is 0 Å². The summed E-state index contributed by atoms with van der Waals surface area (Å²) in [7, 11) is 0. The van der Waals surface area contributed by atoms with Gasteiger partial charge in [0.25, 0.3) is 0 Å². The summed E-state index contributed by atoms with van der Waals surface area (Å²) in [5.41, 5.74) is 0. The molecule has 1 atom stereocenters. The fraction of sp³-hybridized carbons (Fsp3) is 0.917. The van der Waals surface area contributed by atoms with Crippen LogP contribution in [0.15, 0.2) is 4.99 Å². The Kier molecular flexibility index (Phi) is 4.48. The van der Waals surface area contributed by atoms with Crippen LogP contribution in [0.1, 0.15) is 39.0 Å². The molecule has 1 N–H and O–H groups in total. The largest absolute Gasteiger partial charge is 0.364 e. The van der Waals surface area contributed by atoms with Crippen LogP contribution in [-0.2, 0) is 0 Å². The third kappa shape index (κ3) is 3.10. The van der Waals surface area contributed by atoms with Crippen molar-refractivity contribution >= 4 is 28.7 Å². The van der Waals surface area contributed by atoms with Crippen molar-refractivity contribution in [2.45, 2.75) is 49.0 Å². The van der Waals surface area contributed by atoms with Gasteiger partial charge in [0.05, 0.1) is 6.54 Å². The summed E-state index contributed by atoms with van der Waals surface area (Å²) in [5.74, 6) is 0. The third-order valence-electron chi connectivity index (χ3n) is 3.56. The lowest BCUT2D eigenvalue weighted by molar-refractivity contribution is 0.395. The van der Waals surface area contributed by atoms with Crippen molar-refractivity contribution in [3.05, 3.63) is 0 Å². The van der Waals surface area contributed by atoms with E-state index in [2.05, 4.69) is 35.3 Å². The molecule has 4 heteroatoms. The molecule has 92 valence electrons. The summed E-state index contributed by atoms with van der Waals surface area (Å²) < 4.78 is 0.479. The molecule has 0 radical (unpaired) electrons. The van der Waals surface area contributed by atoms with Crippen LogP contribution in [0.3, 0.4) is 0 Å². The molecule has 2 nitrogen and oxygen atoms in total. The fourth-order valence-electron chi connectivity index (χ4n) is 2.46. The molecule has 16 heavy (non-hydrogen) atoms. The van der Waals surface area contributed by atoms with Gasteiger partial charge in [0, 0.05) is 16.5 Å². The highest BCUT2D eigenvalue weighted by atomic mass is 32.2. The predicted octanol–water partition coefficient (Wildman–Crippen LogP) is 3.13. The van der Waals surface area contributed by atoms with Gasteiger partial charge in [-0.25, -0.2) is 0 Å². The summed E-state index contributed by atoms with van der Waals surface area (Å²) in [4.78, 5) is 4.53. The van der Waals surface area contributed by atoms with Gasteiger partial charge in [-0.3, -0.25) is 4.99 Å². The lowest BCUT2D eigenvalue weighted by Crippen LogP contribution is -2.40. The Bertz CT molecular complexity index is 260. The van der Waals surface area contributed by atoms with Crippen LogP contribution in [0, 0.1) is 0 Å². The SMILES string of the molecule is CSC1(CNC2=NCC(C)S2)CCCCC1. The van der Waals surface area contributed by atoms with Gasteiger partial charge in [-0.1, -0.05) is 37.9 Å². The van der Waals surface area contributed by atoms with Crippen LogP contribution in [-0.4, -0.2) is 34.5 Å². The van der Waals surface area contributed by atoms with Crippen molar-refractivity contribution in [2.24, 2.45) is 4.99 Å². The molecule has 2 aliphatic rings. The normalized spacial score (nSPS) is 28.9. The van der Waals surface area contributed by atoms with E-state index in [9.17, 15) is 0 Å². The lowest BCUT2D eigenvalue weighted by Gasteiger charge is -2.36. The van der Waals surface area contributed by atoms with Gasteiger partial charge in [-0.05, 0) is 19.1 Å². The van der Waals surface area contributed by atoms with E-state index in [1.54, 1.807) is 0 Å². The molecular weight excluding hydrogens is 236 g/mol. The molecule has 0 bridgehead atoms. The molecule has 0 aromatic carbocycles. The van der Waals surface area contributed by atoms with E-state index in [0.29, 0.717) is 10.00 Å². The van der Waals surface area contributed by atoms with Crippen molar-refractivity contribution in [2.75, 3.05) is 19.3 Å². The average molecular weight is 258 g/mol. The first-order chi connectivity index (χ1) is 7.74. The summed E-state index contributed by atoms with van der Waals surface area (Å²) in [6.07, 6.45) is 9.23. The average Bonchev–Trinajstić information content (AvgIpc) is 2.74. The second kappa shape index (κ2) is 5.67. The maximum absolute atomic E-state index is 4.53. The number of hydrogen-bond donors (Lipinski definition) is 1. The molecule has 1 unspecified atom stereocenters. The number of rotatable bonds is 3. The highest BCUT2D eigenvalue weighted by molar-refractivity contribution is 8.14. The minimum Gasteiger partial charge on any atom is -0.364 e. The second-order valence-electron chi connectivity index (χ2n) is 4.88. The Balaban J connectivity index is 1.82. The lowest BCUT2D eigenvalue weighted by atomic mass is 9.88. The first kappa shape index (κ1) is 12.6. The van der Waals surface area contributed by atoms with Gasteiger partial charge in [0.2, 0.25) is 0 Å². The molecule has 0 spiro atoms. The van der Waals surface area contributed by atoms with Gasteiger partial charge >= 0.3 is 0 Å². The molecule has 0 aromatic heterocycles. The Hall–Kier alpha value is 0.170. The fourth-order valence-corrected chi connectivity index (χ4v) is 4.21. The molecule has 0 aromatic rings. The standard InChI is InChI=1S/C12H22N2S2/c1-10-8-13-11(16-10)14-9-12(15-2)6-4-3-5-7-12/h10H,3-9H2,1-2H3,(H,13,14). The minimum atomic E-state index is 0.479. The van der Waals surface area contributed by atoms with E-state index >= 15 is 0 Å². The quantitative estimate of drug-likeness (QED) is 0.841. The van der Waals surface area contributed by atoms with E-state index in [-0.39, 0.29) is 0 Å². The summed E-state index contributed by atoms with van der Waals surface area (Å²) in [6.45, 7) is 4.33. The number of nitrogens with one attached hydrogen (secondary N) is 1. The molecule has 1 heterocycles. The van der Waals surface area contributed by atoms with Gasteiger partial charge in [-0.2, -0.15) is 11.8 Å². The summed E-state index contributed by atoms with van der Waals surface area (Å²) >= 11 is 3.94. The minimum absolute atomic E-state index is 0.479. The zero-order valence-electron chi connectivity index (χ0n) is 10.3. The molecule has 2 rings (SSSR count). The van der Waals surface area contributed by atoms with Crippen molar-refractivity contribution in [1.82, 2.24) is 5.32 Å². The Morgan fingerprint density at radius 3 is 2.75 bits per heavy atom. The highest BCUT2D eigenvalue weighted by Crippen LogP contribution is 2.38. The smallest absolute Gasteiger partial charge is 0.156 e. The van der Waals surface area contributed by atoms with Crippen LogP contribution in [0.2, 0.25) is 0 Å². The molecule has 1 aliphatic heterocycles. The van der Waals surface area contributed by atoms with Gasteiger partial charge < -0.3 is 5.32 Å². The van der Waals surface area contributed by atoms with E-state index in [4.69, 9.17) is 0 Å². The zero-order valence-corrected chi connectivity index (χ0v) is 11.9. The van der Waals surface area contributed by atoms with E-state index in [0.717, 1.165) is 13.1 Å². The summed E-state index contributed by atoms with van der Waals surface area (Å²) in [5, 5.41) is 5.40. The van der Waals surface area contributed by atoms with E-state index in [1.807, 2.05) is 11.8 Å². The van der Waals surface area contributed by atoms with Crippen LogP contribution in [0.25, 0.3) is 0 Å². The summed E-state index contributed by atoms with van der Waals surface area (Å²) in [6, 6.07) is 0. The van der Waals surface area contributed by atoms with Gasteiger partial charge in [-0.15, -0.1) is 0 Å². The zero-order chi connectivity index (χ0) is 11.4. The molecule has 0 saturated heterocycles. The highest BCUT2D eigenvalue weighted by Gasteiger charge is 2.31. The monoisotopic (exact) mass is 258 g/mol. The number of aliphatic imine (C=N–C) groups is 1. The van der Waals surface area contributed by atoms with Crippen molar-refractivity contribution < 1.29 is 0 Å². The second-order valence-corrected chi connectivity index (χ2v) is 7.58. The molecule has 1 saturated carbocycles. The van der Waals surface area contributed by atoms with Crippen molar-refractivity contribution in [1.29, 1.82) is 0 Å². The Labute approximate surface area is 107 Å². The first-order valence-electron chi connectivity index (χ1n) is 6.24. The van der Waals surface area contributed by atoms with E-state index in [1.165, 1.54) is 37.3 Å². The number of amidine groups is 1. The van der Waals surface area contributed by atoms with Gasteiger partial charge in [0.15, 0.2) is 5.17 Å². The van der Waals surface area contributed by atoms with Crippen LogP contribution in [0.4, 0.5) is 0 Å². The van der Waals surface area contributed by atoms with Gasteiger partial charge in [0.1, 0.15) is 0 Å². The Morgan fingerprint density at radius 2 is 2.19 bits per heavy atom. The molecule has 1 fully saturated rings. The van der Waals surface area contributed by atoms with Crippen molar-refractivity contribution in [3.8, 4) is 0 Å². The van der Waals surface area contributed by atoms with Crippen LogP contribution < -0.4 is 5.32 Å². The third-order valence-corrected chi connectivity index (χ3v) is 6.03. The number of nitrogens with zero attached hydrogens (tertiary/aromatic N) is 1. The number of hydrogen-bond acceptors (Lipinski definition) is 4. The number of thioether (sulfide) groups is 2. The van der Waals surface area contributed by atoms with Crippen molar-refractivity contribution in [3.63, 3.8) is 0 Å². The molecule has 0 amide bonds. The molecule has 1 aliphatic carbocycles. The predicted molar refractivity (Wildman–Crippen MR) is 76.7 cm³/mol. The van der Waals surface area contributed by atoms with Crippen LogP contribution >= 0.6 is 23.5 Å². The maximum Gasteiger partial charge on any atom is 0.156 e.